The Kier molecular flexibility index (Phi) is 6.23. The van der Waals surface area contributed by atoms with E-state index in [1.54, 1.807) is 24.3 Å². The Labute approximate surface area is 203 Å². The Hall–Kier alpha value is -4.13. The molecule has 3 aromatic carbocycles. The second-order valence-corrected chi connectivity index (χ2v) is 8.84. The number of carbonyl (C=O) groups excluding carboxylic acids is 2. The lowest BCUT2D eigenvalue weighted by molar-refractivity contribution is -0.143. The number of hydrogen-bond acceptors (Lipinski definition) is 4. The number of benzene rings is 3. The zero-order chi connectivity index (χ0) is 24.4. The molecule has 0 bridgehead atoms. The van der Waals surface area contributed by atoms with Gasteiger partial charge < -0.3 is 14.7 Å². The molecule has 3 aromatic rings. The summed E-state index contributed by atoms with van der Waals surface area (Å²) in [7, 11) is 0. The van der Waals surface area contributed by atoms with Crippen LogP contribution in [-0.2, 0) is 9.53 Å². The quantitative estimate of drug-likeness (QED) is 0.539. The summed E-state index contributed by atoms with van der Waals surface area (Å²) in [5, 5.41) is 12.2. The largest absolute Gasteiger partial charge is 0.480 e. The topological polar surface area (TPSA) is 95.9 Å². The average molecular weight is 471 g/mol. The zero-order valence-electron chi connectivity index (χ0n) is 19.1. The lowest BCUT2D eigenvalue weighted by atomic mass is 9.98. The SMILES string of the molecule is O=C(Nc1ccccc1C(=O)N1CCCC[C@@H]1C(=O)O)OCC1c2ccccc2-c2ccccc21. The predicted octanol–water partition coefficient (Wildman–Crippen LogP) is 5.13. The predicted molar refractivity (Wildman–Crippen MR) is 131 cm³/mol. The Balaban J connectivity index is 1.30. The minimum Gasteiger partial charge on any atom is -0.480 e. The molecular formula is C28H26N2O5. The number of hydrogen-bond donors (Lipinski definition) is 2. The van der Waals surface area contributed by atoms with Crippen molar-refractivity contribution in [1.82, 2.24) is 4.90 Å². The minimum absolute atomic E-state index is 0.0744. The number of piperidine rings is 1. The Morgan fingerprint density at radius 2 is 1.51 bits per heavy atom. The molecular weight excluding hydrogens is 444 g/mol. The van der Waals surface area contributed by atoms with Crippen molar-refractivity contribution in [3.63, 3.8) is 0 Å². The minimum atomic E-state index is -1.01. The van der Waals surface area contributed by atoms with Crippen LogP contribution in [0.4, 0.5) is 10.5 Å². The summed E-state index contributed by atoms with van der Waals surface area (Å²) >= 11 is 0. The van der Waals surface area contributed by atoms with Crippen molar-refractivity contribution in [2.45, 2.75) is 31.2 Å². The smallest absolute Gasteiger partial charge is 0.411 e. The van der Waals surface area contributed by atoms with Crippen molar-refractivity contribution < 1.29 is 24.2 Å². The number of amides is 2. The highest BCUT2D eigenvalue weighted by Crippen LogP contribution is 2.44. The first-order valence-electron chi connectivity index (χ1n) is 11.8. The van der Waals surface area contributed by atoms with E-state index < -0.39 is 24.0 Å². The molecule has 1 heterocycles. The van der Waals surface area contributed by atoms with Crippen molar-refractivity contribution in [2.24, 2.45) is 0 Å². The second kappa shape index (κ2) is 9.62. The maximum Gasteiger partial charge on any atom is 0.411 e. The number of carboxylic acid groups (broad SMARTS) is 1. The van der Waals surface area contributed by atoms with E-state index in [0.29, 0.717) is 18.7 Å². The van der Waals surface area contributed by atoms with Crippen LogP contribution in [0.5, 0.6) is 0 Å². The third-order valence-corrected chi connectivity index (χ3v) is 6.79. The van der Waals surface area contributed by atoms with Crippen molar-refractivity contribution in [1.29, 1.82) is 0 Å². The fraction of sp³-hybridized carbons (Fsp3) is 0.250. The van der Waals surface area contributed by atoms with Crippen LogP contribution in [0.25, 0.3) is 11.1 Å². The van der Waals surface area contributed by atoms with Crippen LogP contribution in [-0.4, -0.2) is 47.2 Å². The number of ether oxygens (including phenoxy) is 1. The molecule has 0 unspecified atom stereocenters. The van der Waals surface area contributed by atoms with Gasteiger partial charge in [0.2, 0.25) is 0 Å². The first-order valence-corrected chi connectivity index (χ1v) is 11.8. The molecule has 7 heteroatoms. The maximum absolute atomic E-state index is 13.2. The molecule has 0 aromatic heterocycles. The first-order chi connectivity index (χ1) is 17.0. The number of rotatable bonds is 5. The molecule has 1 saturated heterocycles. The van der Waals surface area contributed by atoms with Gasteiger partial charge >= 0.3 is 12.1 Å². The molecule has 35 heavy (non-hydrogen) atoms. The number of para-hydroxylation sites is 1. The monoisotopic (exact) mass is 470 g/mol. The normalized spacial score (nSPS) is 16.8. The fourth-order valence-electron chi connectivity index (χ4n) is 5.11. The Morgan fingerprint density at radius 3 is 2.20 bits per heavy atom. The molecule has 2 amide bonds. The van der Waals surface area contributed by atoms with E-state index in [1.165, 1.54) is 4.90 Å². The third kappa shape index (κ3) is 4.37. The summed E-state index contributed by atoms with van der Waals surface area (Å²) in [5.41, 5.74) is 5.05. The van der Waals surface area contributed by atoms with E-state index in [9.17, 15) is 19.5 Å². The fourth-order valence-corrected chi connectivity index (χ4v) is 5.11. The highest BCUT2D eigenvalue weighted by atomic mass is 16.5. The van der Waals surface area contributed by atoms with Gasteiger partial charge in [-0.3, -0.25) is 10.1 Å². The number of carbonyl (C=O) groups is 3. The van der Waals surface area contributed by atoms with E-state index in [2.05, 4.69) is 17.4 Å². The van der Waals surface area contributed by atoms with Gasteiger partial charge in [-0.2, -0.15) is 0 Å². The zero-order valence-corrected chi connectivity index (χ0v) is 19.1. The molecule has 7 nitrogen and oxygen atoms in total. The van der Waals surface area contributed by atoms with E-state index in [1.807, 2.05) is 36.4 Å². The number of carboxylic acids is 1. The van der Waals surface area contributed by atoms with Crippen LogP contribution in [0.1, 0.15) is 46.7 Å². The van der Waals surface area contributed by atoms with Gasteiger partial charge in [0.05, 0.1) is 11.3 Å². The van der Waals surface area contributed by atoms with E-state index in [0.717, 1.165) is 35.1 Å². The summed E-state index contributed by atoms with van der Waals surface area (Å²) in [6.07, 6.45) is 1.27. The van der Waals surface area contributed by atoms with Gasteiger partial charge in [0.1, 0.15) is 12.6 Å². The average Bonchev–Trinajstić information content (AvgIpc) is 3.21. The van der Waals surface area contributed by atoms with Crippen molar-refractivity contribution in [3.8, 4) is 11.1 Å². The van der Waals surface area contributed by atoms with E-state index >= 15 is 0 Å². The molecule has 1 aliphatic carbocycles. The maximum atomic E-state index is 13.2. The summed E-state index contributed by atoms with van der Waals surface area (Å²) in [6.45, 7) is 0.526. The first kappa shape index (κ1) is 22.7. The standard InChI is InChI=1S/C28H26N2O5/c31-26(30-16-8-7-15-25(30)27(32)33)22-13-5-6-14-24(22)29-28(34)35-17-23-20-11-3-1-9-18(20)19-10-2-4-12-21(19)23/h1-6,9-14,23,25H,7-8,15-17H2,(H,29,34)(H,32,33)/t25-/m1/s1. The van der Waals surface area contributed by atoms with Gasteiger partial charge in [-0.05, 0) is 53.6 Å². The lowest BCUT2D eigenvalue weighted by Crippen LogP contribution is -2.48. The van der Waals surface area contributed by atoms with Crippen LogP contribution < -0.4 is 5.32 Å². The molecule has 1 atom stereocenters. The number of nitrogens with zero attached hydrogens (tertiary/aromatic N) is 1. The lowest BCUT2D eigenvalue weighted by Gasteiger charge is -2.33. The van der Waals surface area contributed by atoms with Crippen LogP contribution in [0, 0.1) is 0 Å². The second-order valence-electron chi connectivity index (χ2n) is 8.84. The molecule has 178 valence electrons. The van der Waals surface area contributed by atoms with E-state index in [4.69, 9.17) is 4.74 Å². The highest BCUT2D eigenvalue weighted by molar-refractivity contribution is 6.04. The van der Waals surface area contributed by atoms with Crippen molar-refractivity contribution >= 4 is 23.7 Å². The molecule has 0 spiro atoms. The van der Waals surface area contributed by atoms with Crippen LogP contribution in [0.15, 0.2) is 72.8 Å². The third-order valence-electron chi connectivity index (χ3n) is 6.79. The Bertz CT molecular complexity index is 1240. The van der Waals surface area contributed by atoms with E-state index in [-0.39, 0.29) is 18.1 Å². The molecule has 2 N–H and O–H groups in total. The Morgan fingerprint density at radius 1 is 0.886 bits per heavy atom. The van der Waals surface area contributed by atoms with Crippen LogP contribution in [0.2, 0.25) is 0 Å². The van der Waals surface area contributed by atoms with Gasteiger partial charge in [0.15, 0.2) is 0 Å². The summed E-state index contributed by atoms with van der Waals surface area (Å²) in [4.78, 5) is 39.0. The molecule has 1 aliphatic heterocycles. The molecule has 2 aliphatic rings. The molecule has 0 radical (unpaired) electrons. The number of aliphatic carboxylic acids is 1. The summed E-state index contributed by atoms with van der Waals surface area (Å²) in [6, 6.07) is 21.9. The van der Waals surface area contributed by atoms with Gasteiger partial charge in [-0.25, -0.2) is 9.59 Å². The van der Waals surface area contributed by atoms with Crippen LogP contribution in [0.3, 0.4) is 0 Å². The number of fused-ring (bicyclic) bond motifs is 3. The highest BCUT2D eigenvalue weighted by Gasteiger charge is 2.34. The number of anilines is 1. The van der Waals surface area contributed by atoms with Gasteiger partial charge in [0.25, 0.3) is 5.91 Å². The van der Waals surface area contributed by atoms with Gasteiger partial charge in [0, 0.05) is 12.5 Å². The van der Waals surface area contributed by atoms with Crippen LogP contribution >= 0.6 is 0 Å². The van der Waals surface area contributed by atoms with Gasteiger partial charge in [-0.1, -0.05) is 60.7 Å². The number of likely N-dealkylation sites (tertiary alicyclic amines) is 1. The molecule has 1 fully saturated rings. The van der Waals surface area contributed by atoms with Crippen molar-refractivity contribution in [2.75, 3.05) is 18.5 Å². The van der Waals surface area contributed by atoms with Gasteiger partial charge in [-0.15, -0.1) is 0 Å². The summed E-state index contributed by atoms with van der Waals surface area (Å²) < 4.78 is 5.61. The summed E-state index contributed by atoms with van der Waals surface area (Å²) in [5.74, 6) is -1.50. The van der Waals surface area contributed by atoms with Crippen molar-refractivity contribution in [3.05, 3.63) is 89.5 Å². The number of nitrogens with one attached hydrogen (secondary N) is 1. The molecule has 0 saturated carbocycles. The molecule has 5 rings (SSSR count).